The van der Waals surface area contributed by atoms with Crippen molar-refractivity contribution in [2.45, 2.75) is 34.1 Å². The fraction of sp³-hybridized carbons (Fsp3) is 0.714. The molecular formula is C14H20O3S. The molecule has 0 aliphatic heterocycles. The van der Waals surface area contributed by atoms with Crippen molar-refractivity contribution in [3.05, 3.63) is 10.5 Å². The molecule has 0 saturated heterocycles. The summed E-state index contributed by atoms with van der Waals surface area (Å²) in [6, 6.07) is 0. The summed E-state index contributed by atoms with van der Waals surface area (Å²) in [5, 5.41) is 0. The zero-order chi connectivity index (χ0) is 13.5. The minimum absolute atomic E-state index is 0.209. The van der Waals surface area contributed by atoms with E-state index in [1.165, 1.54) is 11.8 Å². The average molecular weight is 268 g/mol. The molecule has 0 spiro atoms. The van der Waals surface area contributed by atoms with Crippen molar-refractivity contribution in [3.8, 4) is 0 Å². The highest BCUT2D eigenvalue weighted by atomic mass is 32.2. The number of carbonyl (C=O) groups excluding carboxylic acids is 2. The van der Waals surface area contributed by atoms with Crippen LogP contribution in [-0.4, -0.2) is 24.1 Å². The highest BCUT2D eigenvalue weighted by Gasteiger charge is 2.65. The van der Waals surface area contributed by atoms with Crippen LogP contribution in [0.5, 0.6) is 0 Å². The van der Waals surface area contributed by atoms with Crippen molar-refractivity contribution in [2.75, 3.05) is 12.4 Å². The molecule has 0 heterocycles. The molecular weight excluding hydrogens is 248 g/mol. The first-order chi connectivity index (χ1) is 8.39. The van der Waals surface area contributed by atoms with E-state index < -0.39 is 0 Å². The van der Waals surface area contributed by atoms with Gasteiger partial charge in [0.1, 0.15) is 0 Å². The van der Waals surface area contributed by atoms with Crippen LogP contribution in [0.2, 0.25) is 0 Å². The van der Waals surface area contributed by atoms with Gasteiger partial charge in [-0.2, -0.15) is 0 Å². The van der Waals surface area contributed by atoms with Gasteiger partial charge in [0, 0.05) is 12.0 Å². The molecule has 0 amide bonds. The summed E-state index contributed by atoms with van der Waals surface area (Å²) in [5.74, 6) is 1.31. The van der Waals surface area contributed by atoms with Crippen LogP contribution in [0.1, 0.15) is 34.1 Å². The lowest BCUT2D eigenvalue weighted by Crippen LogP contribution is -2.10. The van der Waals surface area contributed by atoms with Crippen LogP contribution in [0.15, 0.2) is 10.5 Å². The second kappa shape index (κ2) is 4.72. The Morgan fingerprint density at radius 3 is 2.72 bits per heavy atom. The van der Waals surface area contributed by atoms with E-state index in [4.69, 9.17) is 4.74 Å². The molecule has 2 saturated carbocycles. The molecule has 0 unspecified atom stereocenters. The van der Waals surface area contributed by atoms with Crippen LogP contribution < -0.4 is 0 Å². The molecule has 2 rings (SSSR count). The number of fused-ring (bicyclic) bond motifs is 1. The van der Waals surface area contributed by atoms with E-state index in [9.17, 15) is 9.59 Å². The van der Waals surface area contributed by atoms with Gasteiger partial charge in [-0.25, -0.2) is 0 Å². The van der Waals surface area contributed by atoms with Gasteiger partial charge in [0.2, 0.25) is 0 Å². The summed E-state index contributed by atoms with van der Waals surface area (Å²) in [7, 11) is 0. The number of thioether (sulfide) groups is 1. The summed E-state index contributed by atoms with van der Waals surface area (Å²) < 4.78 is 4.89. The maximum Gasteiger partial charge on any atom is 0.316 e. The van der Waals surface area contributed by atoms with Crippen molar-refractivity contribution in [3.63, 3.8) is 0 Å². The normalized spacial score (nSPS) is 31.0. The smallest absolute Gasteiger partial charge is 0.316 e. The monoisotopic (exact) mass is 268 g/mol. The maximum absolute atomic E-state index is 11.9. The third-order valence-corrected chi connectivity index (χ3v) is 5.19. The number of carbonyl (C=O) groups is 2. The predicted molar refractivity (Wildman–Crippen MR) is 72.2 cm³/mol. The van der Waals surface area contributed by atoms with Crippen LogP contribution in [0.25, 0.3) is 0 Å². The molecule has 0 N–H and O–H groups in total. The van der Waals surface area contributed by atoms with Crippen LogP contribution in [-0.2, 0) is 14.3 Å². The second-order valence-corrected chi connectivity index (χ2v) is 6.79. The van der Waals surface area contributed by atoms with Crippen LogP contribution >= 0.6 is 11.8 Å². The third kappa shape index (κ3) is 2.22. The molecule has 0 radical (unpaired) electrons. The Morgan fingerprint density at radius 1 is 1.50 bits per heavy atom. The Balaban J connectivity index is 2.02. The van der Waals surface area contributed by atoms with E-state index in [1.54, 1.807) is 6.92 Å². The predicted octanol–water partition coefficient (Wildman–Crippen LogP) is 2.80. The number of esters is 1. The first-order valence-corrected chi connectivity index (χ1v) is 7.40. The molecule has 0 bridgehead atoms. The lowest BCUT2D eigenvalue weighted by molar-refractivity contribution is -0.139. The van der Waals surface area contributed by atoms with Crippen LogP contribution in [0, 0.1) is 17.3 Å². The molecule has 2 aliphatic carbocycles. The summed E-state index contributed by atoms with van der Waals surface area (Å²) in [6.45, 7) is 8.60. The molecule has 0 aromatic heterocycles. The first kappa shape index (κ1) is 13.7. The number of hydrogen-bond acceptors (Lipinski definition) is 4. The van der Waals surface area contributed by atoms with Gasteiger partial charge in [-0.05, 0) is 36.0 Å². The van der Waals surface area contributed by atoms with Gasteiger partial charge in [0.25, 0.3) is 0 Å². The summed E-state index contributed by atoms with van der Waals surface area (Å²) in [5.41, 5.74) is 1.24. The van der Waals surface area contributed by atoms with Crippen molar-refractivity contribution < 1.29 is 14.3 Å². The van der Waals surface area contributed by atoms with Gasteiger partial charge in [0.15, 0.2) is 5.78 Å². The fourth-order valence-electron chi connectivity index (χ4n) is 3.04. The van der Waals surface area contributed by atoms with E-state index in [2.05, 4.69) is 13.8 Å². The quantitative estimate of drug-likeness (QED) is 0.581. The van der Waals surface area contributed by atoms with E-state index >= 15 is 0 Å². The van der Waals surface area contributed by atoms with Crippen LogP contribution in [0.3, 0.4) is 0 Å². The van der Waals surface area contributed by atoms with Crippen molar-refractivity contribution in [1.82, 2.24) is 0 Å². The minimum atomic E-state index is -0.209. The molecule has 100 valence electrons. The molecule has 4 heteroatoms. The number of allylic oxidation sites excluding steroid dienone is 2. The topological polar surface area (TPSA) is 43.4 Å². The summed E-state index contributed by atoms with van der Waals surface area (Å²) in [4.78, 5) is 24.2. The lowest BCUT2D eigenvalue weighted by Gasteiger charge is -2.12. The van der Waals surface area contributed by atoms with Gasteiger partial charge in [-0.3, -0.25) is 9.59 Å². The Hall–Kier alpha value is -0.770. The Labute approximate surface area is 112 Å². The summed E-state index contributed by atoms with van der Waals surface area (Å²) >= 11 is 1.44. The first-order valence-electron chi connectivity index (χ1n) is 6.42. The molecule has 18 heavy (non-hydrogen) atoms. The molecule has 2 fully saturated rings. The SMILES string of the molecule is CCOC(=O)CS/C(C)=C1/C(=O)C[C@@H]2[C@H]1C2(C)C. The van der Waals surface area contributed by atoms with E-state index in [1.807, 2.05) is 6.92 Å². The molecule has 3 nitrogen and oxygen atoms in total. The van der Waals surface area contributed by atoms with E-state index in [0.29, 0.717) is 30.6 Å². The molecule has 2 aliphatic rings. The Morgan fingerprint density at radius 2 is 2.17 bits per heavy atom. The van der Waals surface area contributed by atoms with Gasteiger partial charge < -0.3 is 4.74 Å². The van der Waals surface area contributed by atoms with Gasteiger partial charge >= 0.3 is 5.97 Å². The minimum Gasteiger partial charge on any atom is -0.465 e. The molecule has 0 aromatic rings. The molecule has 2 atom stereocenters. The van der Waals surface area contributed by atoms with Gasteiger partial charge in [0.05, 0.1) is 12.4 Å². The van der Waals surface area contributed by atoms with Gasteiger partial charge in [-0.15, -0.1) is 11.8 Å². The fourth-order valence-corrected chi connectivity index (χ4v) is 3.86. The summed E-state index contributed by atoms with van der Waals surface area (Å²) in [6.07, 6.45) is 0.685. The zero-order valence-electron chi connectivity index (χ0n) is 11.4. The average Bonchev–Trinajstić information content (AvgIpc) is 2.68. The second-order valence-electron chi connectivity index (χ2n) is 5.60. The van der Waals surface area contributed by atoms with Crippen LogP contribution in [0.4, 0.5) is 0 Å². The Bertz CT molecular complexity index is 423. The van der Waals surface area contributed by atoms with Crippen molar-refractivity contribution >= 4 is 23.5 Å². The number of rotatable bonds is 4. The zero-order valence-corrected chi connectivity index (χ0v) is 12.2. The standard InChI is InChI=1S/C14H20O3S/c1-5-17-11(16)7-18-8(2)12-10(15)6-9-13(12)14(9,3)4/h9,13H,5-7H2,1-4H3/b12-8-/t9-,13-/m1/s1. The highest BCUT2D eigenvalue weighted by molar-refractivity contribution is 8.03. The largest absolute Gasteiger partial charge is 0.465 e. The van der Waals surface area contributed by atoms with Crippen molar-refractivity contribution in [2.24, 2.45) is 17.3 Å². The van der Waals surface area contributed by atoms with E-state index in [-0.39, 0.29) is 17.2 Å². The number of hydrogen-bond donors (Lipinski definition) is 0. The number of ether oxygens (including phenoxy) is 1. The molecule has 0 aromatic carbocycles. The number of ketones is 1. The van der Waals surface area contributed by atoms with Gasteiger partial charge in [-0.1, -0.05) is 13.8 Å². The maximum atomic E-state index is 11.9. The lowest BCUT2D eigenvalue weighted by atomic mass is 9.96. The third-order valence-electron chi connectivity index (χ3n) is 4.16. The Kier molecular flexibility index (Phi) is 3.58. The number of Topliss-reactive ketones (excluding diaryl/α,β-unsaturated/α-hetero) is 1. The highest BCUT2D eigenvalue weighted by Crippen LogP contribution is 2.68. The van der Waals surface area contributed by atoms with Crippen molar-refractivity contribution in [1.29, 1.82) is 0 Å². The van der Waals surface area contributed by atoms with E-state index in [0.717, 1.165) is 10.5 Å².